The quantitative estimate of drug-likeness (QED) is 0.717. The number of morpholine rings is 1. The molecule has 0 radical (unpaired) electrons. The highest BCUT2D eigenvalue weighted by molar-refractivity contribution is 5.92. The van der Waals surface area contributed by atoms with Crippen molar-refractivity contribution in [1.29, 1.82) is 0 Å². The van der Waals surface area contributed by atoms with Gasteiger partial charge in [-0.3, -0.25) is 14.6 Å². The molecule has 1 aliphatic heterocycles. The minimum atomic E-state index is -0.203. The number of ether oxygens (including phenoxy) is 1. The number of hydrogen-bond acceptors (Lipinski definition) is 5. The SMILES string of the molecule is C[C@H]1CN(C(=O)CCN(CCc2ccccc2)C(=O)c2cnccn2)C[C@H](C)O1. The molecule has 1 saturated heterocycles. The van der Waals surface area contributed by atoms with Gasteiger partial charge in [0.15, 0.2) is 0 Å². The van der Waals surface area contributed by atoms with Gasteiger partial charge >= 0.3 is 0 Å². The van der Waals surface area contributed by atoms with Crippen molar-refractivity contribution in [1.82, 2.24) is 19.8 Å². The summed E-state index contributed by atoms with van der Waals surface area (Å²) in [7, 11) is 0. The van der Waals surface area contributed by atoms with E-state index in [-0.39, 0.29) is 30.4 Å². The molecule has 1 fully saturated rings. The first-order valence-corrected chi connectivity index (χ1v) is 10.1. The van der Waals surface area contributed by atoms with E-state index in [1.54, 1.807) is 4.90 Å². The number of aromatic nitrogens is 2. The summed E-state index contributed by atoms with van der Waals surface area (Å²) in [5.74, 6) is -0.158. The van der Waals surface area contributed by atoms with Gasteiger partial charge in [-0.1, -0.05) is 30.3 Å². The van der Waals surface area contributed by atoms with Crippen LogP contribution in [-0.4, -0.2) is 70.0 Å². The van der Waals surface area contributed by atoms with Crippen LogP contribution in [0, 0.1) is 0 Å². The Morgan fingerprint density at radius 1 is 1.10 bits per heavy atom. The first-order valence-electron chi connectivity index (χ1n) is 10.1. The predicted octanol–water partition coefficient (Wildman–Crippen LogP) is 2.19. The minimum Gasteiger partial charge on any atom is -0.372 e. The molecular formula is C22H28N4O3. The van der Waals surface area contributed by atoms with Crippen molar-refractivity contribution in [2.45, 2.75) is 38.9 Å². The van der Waals surface area contributed by atoms with E-state index in [1.807, 2.05) is 49.1 Å². The molecule has 2 atom stereocenters. The highest BCUT2D eigenvalue weighted by atomic mass is 16.5. The van der Waals surface area contributed by atoms with Gasteiger partial charge < -0.3 is 14.5 Å². The maximum absolute atomic E-state index is 12.9. The maximum atomic E-state index is 12.9. The highest BCUT2D eigenvalue weighted by Crippen LogP contribution is 2.13. The van der Waals surface area contributed by atoms with Crippen LogP contribution < -0.4 is 0 Å². The number of rotatable bonds is 7. The van der Waals surface area contributed by atoms with Crippen LogP contribution in [-0.2, 0) is 16.0 Å². The van der Waals surface area contributed by atoms with E-state index >= 15 is 0 Å². The van der Waals surface area contributed by atoms with Crippen molar-refractivity contribution in [2.75, 3.05) is 26.2 Å². The molecule has 1 aromatic heterocycles. The lowest BCUT2D eigenvalue weighted by Crippen LogP contribution is -2.49. The molecule has 0 aliphatic carbocycles. The van der Waals surface area contributed by atoms with Crippen molar-refractivity contribution in [3.05, 3.63) is 60.2 Å². The lowest BCUT2D eigenvalue weighted by atomic mass is 10.1. The molecule has 2 amide bonds. The average Bonchev–Trinajstić information content (AvgIpc) is 2.74. The Morgan fingerprint density at radius 2 is 1.83 bits per heavy atom. The van der Waals surface area contributed by atoms with Crippen molar-refractivity contribution in [3.63, 3.8) is 0 Å². The second kappa shape index (κ2) is 10.1. The molecule has 2 aromatic rings. The molecule has 0 spiro atoms. The van der Waals surface area contributed by atoms with Gasteiger partial charge in [-0.25, -0.2) is 4.98 Å². The first-order chi connectivity index (χ1) is 14.0. The van der Waals surface area contributed by atoms with Gasteiger partial charge in [0.05, 0.1) is 18.4 Å². The average molecular weight is 396 g/mol. The van der Waals surface area contributed by atoms with E-state index in [0.717, 1.165) is 5.56 Å². The third-order valence-electron chi connectivity index (χ3n) is 4.95. The lowest BCUT2D eigenvalue weighted by Gasteiger charge is -2.35. The van der Waals surface area contributed by atoms with Crippen molar-refractivity contribution < 1.29 is 14.3 Å². The maximum Gasteiger partial charge on any atom is 0.274 e. The van der Waals surface area contributed by atoms with Gasteiger partial charge in [0.2, 0.25) is 5.91 Å². The third kappa shape index (κ3) is 6.09. The molecule has 154 valence electrons. The van der Waals surface area contributed by atoms with Crippen LogP contribution in [0.1, 0.15) is 36.3 Å². The van der Waals surface area contributed by atoms with Crippen LogP contribution in [0.4, 0.5) is 0 Å². The fraction of sp³-hybridized carbons (Fsp3) is 0.455. The highest BCUT2D eigenvalue weighted by Gasteiger charge is 2.26. The van der Waals surface area contributed by atoms with E-state index < -0.39 is 0 Å². The Bertz CT molecular complexity index is 790. The van der Waals surface area contributed by atoms with Crippen molar-refractivity contribution in [2.24, 2.45) is 0 Å². The molecule has 0 unspecified atom stereocenters. The standard InChI is InChI=1S/C22H28N4O3/c1-17-15-26(16-18(2)29-17)21(27)9-13-25(12-8-19-6-4-3-5-7-19)22(28)20-14-23-10-11-24-20/h3-7,10-11,14,17-18H,8-9,12-13,15-16H2,1-2H3/t17-,18-/m0/s1. The second-order valence-corrected chi connectivity index (χ2v) is 7.42. The van der Waals surface area contributed by atoms with Crippen LogP contribution in [0.3, 0.4) is 0 Å². The topological polar surface area (TPSA) is 75.6 Å². The molecule has 1 aliphatic rings. The summed E-state index contributed by atoms with van der Waals surface area (Å²) in [5, 5.41) is 0. The molecule has 7 nitrogen and oxygen atoms in total. The zero-order valence-corrected chi connectivity index (χ0v) is 17.0. The predicted molar refractivity (Wildman–Crippen MR) is 109 cm³/mol. The summed E-state index contributed by atoms with van der Waals surface area (Å²) in [6.07, 6.45) is 5.55. The lowest BCUT2D eigenvalue weighted by molar-refractivity contribution is -0.143. The van der Waals surface area contributed by atoms with Gasteiger partial charge in [0.25, 0.3) is 5.91 Å². The Hall–Kier alpha value is -2.80. The number of carbonyl (C=O) groups is 2. The van der Waals surface area contributed by atoms with Gasteiger partial charge in [-0.2, -0.15) is 0 Å². The normalized spacial score (nSPS) is 19.0. The molecule has 0 N–H and O–H groups in total. The molecule has 29 heavy (non-hydrogen) atoms. The molecule has 1 aromatic carbocycles. The van der Waals surface area contributed by atoms with Crippen molar-refractivity contribution in [3.8, 4) is 0 Å². The van der Waals surface area contributed by atoms with E-state index in [0.29, 0.717) is 38.3 Å². The van der Waals surface area contributed by atoms with Gasteiger partial charge in [0, 0.05) is 45.0 Å². The summed E-state index contributed by atoms with van der Waals surface area (Å²) in [6.45, 7) is 5.99. The summed E-state index contributed by atoms with van der Waals surface area (Å²) in [4.78, 5) is 37.3. The molecular weight excluding hydrogens is 368 g/mol. The number of hydrogen-bond donors (Lipinski definition) is 0. The Morgan fingerprint density at radius 3 is 2.48 bits per heavy atom. The Balaban J connectivity index is 1.64. The zero-order valence-electron chi connectivity index (χ0n) is 17.0. The Kier molecular flexibility index (Phi) is 7.30. The summed E-state index contributed by atoms with van der Waals surface area (Å²) >= 11 is 0. The largest absolute Gasteiger partial charge is 0.372 e. The first kappa shape index (κ1) is 20.9. The molecule has 3 rings (SSSR count). The Labute approximate surface area is 171 Å². The minimum absolute atomic E-state index is 0.0260. The molecule has 2 heterocycles. The molecule has 0 saturated carbocycles. The van der Waals surface area contributed by atoms with Gasteiger partial charge in [-0.15, -0.1) is 0 Å². The number of benzene rings is 1. The zero-order chi connectivity index (χ0) is 20.6. The molecule has 7 heteroatoms. The van der Waals surface area contributed by atoms with E-state index in [4.69, 9.17) is 4.74 Å². The fourth-order valence-electron chi connectivity index (χ4n) is 3.57. The van der Waals surface area contributed by atoms with E-state index in [9.17, 15) is 9.59 Å². The summed E-state index contributed by atoms with van der Waals surface area (Å²) in [5.41, 5.74) is 1.44. The van der Waals surface area contributed by atoms with Crippen LogP contribution in [0.5, 0.6) is 0 Å². The third-order valence-corrected chi connectivity index (χ3v) is 4.95. The number of amides is 2. The van der Waals surface area contributed by atoms with E-state index in [2.05, 4.69) is 9.97 Å². The monoisotopic (exact) mass is 396 g/mol. The van der Waals surface area contributed by atoms with Crippen molar-refractivity contribution >= 4 is 11.8 Å². The van der Waals surface area contributed by atoms with Gasteiger partial charge in [-0.05, 0) is 25.8 Å². The smallest absolute Gasteiger partial charge is 0.274 e. The van der Waals surface area contributed by atoms with Crippen LogP contribution in [0.2, 0.25) is 0 Å². The van der Waals surface area contributed by atoms with Crippen LogP contribution in [0.15, 0.2) is 48.9 Å². The second-order valence-electron chi connectivity index (χ2n) is 7.42. The number of carbonyl (C=O) groups excluding carboxylic acids is 2. The van der Waals surface area contributed by atoms with Crippen LogP contribution >= 0.6 is 0 Å². The molecule has 0 bridgehead atoms. The summed E-state index contributed by atoms with van der Waals surface area (Å²) < 4.78 is 5.70. The number of nitrogens with zero attached hydrogens (tertiary/aromatic N) is 4. The summed E-state index contributed by atoms with van der Waals surface area (Å²) in [6, 6.07) is 10.00. The van der Waals surface area contributed by atoms with E-state index in [1.165, 1.54) is 18.6 Å². The fourth-order valence-corrected chi connectivity index (χ4v) is 3.57. The van der Waals surface area contributed by atoms with Crippen LogP contribution in [0.25, 0.3) is 0 Å². The van der Waals surface area contributed by atoms with Gasteiger partial charge in [0.1, 0.15) is 5.69 Å².